The van der Waals surface area contributed by atoms with Crippen LogP contribution in [0.3, 0.4) is 0 Å². The quantitative estimate of drug-likeness (QED) is 0.584. The number of hydrogen-bond donors (Lipinski definition) is 2. The summed E-state index contributed by atoms with van der Waals surface area (Å²) in [6, 6.07) is 17.9. The molecule has 0 spiro atoms. The fourth-order valence-corrected chi connectivity index (χ4v) is 3.31. The molecular weight excluding hydrogens is 324 g/mol. The van der Waals surface area contributed by atoms with Crippen LogP contribution in [0.15, 0.2) is 67.0 Å². The molecule has 0 saturated carbocycles. The summed E-state index contributed by atoms with van der Waals surface area (Å²) in [7, 11) is 0. The van der Waals surface area contributed by atoms with Crippen molar-refractivity contribution in [2.75, 3.05) is 0 Å². The van der Waals surface area contributed by atoms with Crippen molar-refractivity contribution in [1.29, 1.82) is 0 Å². The van der Waals surface area contributed by atoms with Gasteiger partial charge in [0.05, 0.1) is 17.9 Å². The molecule has 2 aromatic heterocycles. The molecule has 0 aliphatic carbocycles. The van der Waals surface area contributed by atoms with Crippen molar-refractivity contribution in [2.45, 2.75) is 19.9 Å². The molecule has 2 aromatic carbocycles. The van der Waals surface area contributed by atoms with Gasteiger partial charge in [0, 0.05) is 22.8 Å². The van der Waals surface area contributed by atoms with Gasteiger partial charge in [0.1, 0.15) is 5.69 Å². The number of rotatable bonds is 4. The molecule has 4 rings (SSSR count). The first-order chi connectivity index (χ1) is 12.6. The summed E-state index contributed by atoms with van der Waals surface area (Å²) < 4.78 is 1.94. The van der Waals surface area contributed by atoms with Crippen LogP contribution in [0.25, 0.3) is 16.5 Å². The monoisotopic (exact) mass is 344 g/mol. The number of nitrogens with zero attached hydrogens (tertiary/aromatic N) is 2. The first-order valence-electron chi connectivity index (χ1n) is 8.62. The molecule has 0 aliphatic heterocycles. The molecule has 0 fully saturated rings. The molecule has 130 valence electrons. The minimum Gasteiger partial charge on any atom is -0.357 e. The predicted molar refractivity (Wildman–Crippen MR) is 102 cm³/mol. The van der Waals surface area contributed by atoms with Crippen LogP contribution in [-0.2, 0) is 0 Å². The third-order valence-corrected chi connectivity index (χ3v) is 4.70. The van der Waals surface area contributed by atoms with E-state index in [9.17, 15) is 4.79 Å². The number of hydrogen-bond acceptors (Lipinski definition) is 2. The number of aromatic amines is 1. The fourth-order valence-electron chi connectivity index (χ4n) is 3.31. The van der Waals surface area contributed by atoms with Gasteiger partial charge in [0.25, 0.3) is 5.91 Å². The molecule has 1 atom stereocenters. The lowest BCUT2D eigenvalue weighted by Gasteiger charge is -2.14. The normalized spacial score (nSPS) is 12.2. The zero-order valence-electron chi connectivity index (χ0n) is 14.7. The highest BCUT2D eigenvalue weighted by Crippen LogP contribution is 2.25. The van der Waals surface area contributed by atoms with Crippen molar-refractivity contribution in [1.82, 2.24) is 20.1 Å². The Balaban J connectivity index is 1.67. The van der Waals surface area contributed by atoms with Crippen LogP contribution >= 0.6 is 0 Å². The Bertz CT molecular complexity index is 1060. The Hall–Kier alpha value is -3.34. The van der Waals surface area contributed by atoms with Gasteiger partial charge in [-0.2, -0.15) is 5.10 Å². The maximum Gasteiger partial charge on any atom is 0.268 e. The highest BCUT2D eigenvalue weighted by molar-refractivity contribution is 5.92. The van der Waals surface area contributed by atoms with Crippen LogP contribution in [0.1, 0.15) is 34.7 Å². The Labute approximate surface area is 151 Å². The van der Waals surface area contributed by atoms with Crippen LogP contribution in [0.4, 0.5) is 0 Å². The van der Waals surface area contributed by atoms with Gasteiger partial charge >= 0.3 is 0 Å². The number of carbonyl (C=O) groups is 1. The molecule has 0 saturated heterocycles. The fraction of sp³-hybridized carbons (Fsp3) is 0.143. The van der Waals surface area contributed by atoms with Crippen LogP contribution in [-0.4, -0.2) is 20.7 Å². The molecule has 1 amide bonds. The largest absolute Gasteiger partial charge is 0.357 e. The van der Waals surface area contributed by atoms with E-state index in [1.165, 1.54) is 5.39 Å². The van der Waals surface area contributed by atoms with Gasteiger partial charge in [-0.05, 0) is 37.4 Å². The number of nitrogens with one attached hydrogen (secondary N) is 2. The van der Waals surface area contributed by atoms with Crippen molar-refractivity contribution in [3.8, 4) is 5.69 Å². The van der Waals surface area contributed by atoms with Crippen molar-refractivity contribution in [2.24, 2.45) is 0 Å². The molecule has 0 unspecified atom stereocenters. The Morgan fingerprint density at radius 3 is 2.73 bits per heavy atom. The minimum absolute atomic E-state index is 0.125. The summed E-state index contributed by atoms with van der Waals surface area (Å²) in [5.41, 5.74) is 3.60. The van der Waals surface area contributed by atoms with Gasteiger partial charge < -0.3 is 10.3 Å². The van der Waals surface area contributed by atoms with Gasteiger partial charge in [0.2, 0.25) is 0 Å². The molecule has 0 aliphatic rings. The molecule has 0 bridgehead atoms. The molecule has 4 aromatic rings. The first kappa shape index (κ1) is 16.1. The number of aromatic nitrogens is 3. The Kier molecular flexibility index (Phi) is 4.05. The molecular formula is C21H20N4O. The van der Waals surface area contributed by atoms with Crippen molar-refractivity contribution >= 4 is 16.7 Å². The second kappa shape index (κ2) is 6.52. The first-order valence-corrected chi connectivity index (χ1v) is 8.62. The van der Waals surface area contributed by atoms with Gasteiger partial charge in [-0.15, -0.1) is 0 Å². The maximum absolute atomic E-state index is 12.3. The van der Waals surface area contributed by atoms with Gasteiger partial charge in [-0.25, -0.2) is 4.68 Å². The lowest BCUT2D eigenvalue weighted by atomic mass is 10.1. The second-order valence-corrected chi connectivity index (χ2v) is 6.37. The standard InChI is InChI=1S/C21H20N4O/c1-14(24-21(26)19-10-6-12-22-19)18-13-23-25(15(18)2)20-11-5-8-16-7-3-4-9-17(16)20/h3-14,22H,1-2H3,(H,24,26)/t14-/m1/s1. The summed E-state index contributed by atoms with van der Waals surface area (Å²) in [5, 5.41) is 9.93. The minimum atomic E-state index is -0.144. The predicted octanol–water partition coefficient (Wildman–Crippen LogP) is 4.15. The van der Waals surface area contributed by atoms with Gasteiger partial charge in [-0.3, -0.25) is 4.79 Å². The molecule has 5 nitrogen and oxygen atoms in total. The van der Waals surface area contributed by atoms with E-state index in [1.54, 1.807) is 12.3 Å². The van der Waals surface area contributed by atoms with Crippen LogP contribution in [0.5, 0.6) is 0 Å². The summed E-state index contributed by atoms with van der Waals surface area (Å²) >= 11 is 0. The van der Waals surface area contributed by atoms with Crippen molar-refractivity contribution in [3.05, 3.63) is 83.9 Å². The summed E-state index contributed by atoms with van der Waals surface area (Å²) in [5.74, 6) is -0.125. The average molecular weight is 344 g/mol. The number of H-pyrrole nitrogens is 1. The van der Waals surface area contributed by atoms with Crippen molar-refractivity contribution in [3.63, 3.8) is 0 Å². The summed E-state index contributed by atoms with van der Waals surface area (Å²) in [6.07, 6.45) is 3.57. The Morgan fingerprint density at radius 1 is 1.12 bits per heavy atom. The number of amides is 1. The van der Waals surface area contributed by atoms with E-state index in [-0.39, 0.29) is 11.9 Å². The van der Waals surface area contributed by atoms with Crippen LogP contribution in [0, 0.1) is 6.92 Å². The topological polar surface area (TPSA) is 62.7 Å². The molecule has 2 N–H and O–H groups in total. The highest BCUT2D eigenvalue weighted by Gasteiger charge is 2.18. The van der Waals surface area contributed by atoms with Crippen LogP contribution < -0.4 is 5.32 Å². The Morgan fingerprint density at radius 2 is 1.92 bits per heavy atom. The molecule has 2 heterocycles. The molecule has 5 heteroatoms. The van der Waals surface area contributed by atoms with E-state index < -0.39 is 0 Å². The van der Waals surface area contributed by atoms with Crippen LogP contribution in [0.2, 0.25) is 0 Å². The van der Waals surface area contributed by atoms with Crippen molar-refractivity contribution < 1.29 is 4.79 Å². The lowest BCUT2D eigenvalue weighted by Crippen LogP contribution is -2.27. The van der Waals surface area contributed by atoms with E-state index in [0.29, 0.717) is 5.69 Å². The average Bonchev–Trinajstić information content (AvgIpc) is 3.31. The number of carbonyl (C=O) groups excluding carboxylic acids is 1. The summed E-state index contributed by atoms with van der Waals surface area (Å²) in [6.45, 7) is 4.00. The second-order valence-electron chi connectivity index (χ2n) is 6.37. The molecule has 0 radical (unpaired) electrons. The number of benzene rings is 2. The molecule has 26 heavy (non-hydrogen) atoms. The maximum atomic E-state index is 12.3. The van der Waals surface area contributed by atoms with Gasteiger partial charge in [0.15, 0.2) is 0 Å². The van der Waals surface area contributed by atoms with E-state index in [1.807, 2.05) is 49.0 Å². The van der Waals surface area contributed by atoms with E-state index in [0.717, 1.165) is 22.3 Å². The zero-order chi connectivity index (χ0) is 18.1. The number of fused-ring (bicyclic) bond motifs is 1. The van der Waals surface area contributed by atoms with E-state index >= 15 is 0 Å². The SMILES string of the molecule is Cc1c([C@@H](C)NC(=O)c2ccc[nH]2)cnn1-c1cccc2ccccc12. The smallest absolute Gasteiger partial charge is 0.268 e. The third-order valence-electron chi connectivity index (χ3n) is 4.70. The highest BCUT2D eigenvalue weighted by atomic mass is 16.1. The van der Waals surface area contributed by atoms with E-state index in [2.05, 4.69) is 39.7 Å². The third kappa shape index (κ3) is 2.77. The lowest BCUT2D eigenvalue weighted by molar-refractivity contribution is 0.0935. The zero-order valence-corrected chi connectivity index (χ0v) is 14.7. The van der Waals surface area contributed by atoms with E-state index in [4.69, 9.17) is 0 Å². The van der Waals surface area contributed by atoms with Gasteiger partial charge in [-0.1, -0.05) is 36.4 Å². The summed E-state index contributed by atoms with van der Waals surface area (Å²) in [4.78, 5) is 15.2.